The molecule has 7 nitrogen and oxygen atoms in total. The van der Waals surface area contributed by atoms with E-state index in [1.54, 1.807) is 28.0 Å². The molecule has 31 heavy (non-hydrogen) atoms. The zero-order valence-electron chi connectivity index (χ0n) is 17.0. The summed E-state index contributed by atoms with van der Waals surface area (Å²) >= 11 is 6.08. The van der Waals surface area contributed by atoms with Gasteiger partial charge in [0.25, 0.3) is 0 Å². The van der Waals surface area contributed by atoms with Crippen LogP contribution in [0, 0.1) is 0 Å². The van der Waals surface area contributed by atoms with Crippen LogP contribution < -0.4 is 0 Å². The number of rotatable bonds is 5. The van der Waals surface area contributed by atoms with E-state index < -0.39 is 21.8 Å². The standard InChI is InChI=1S/C22H24ClN3O4S/c23-19-8-4-5-9-20(19)31(29,30)25-12-10-18(11-13-25)26-15-14-24(21(27)22(26)28)16-17-6-2-1-3-7-17/h1-9,18H,10-16H2. The van der Waals surface area contributed by atoms with Crippen LogP contribution in [0.4, 0.5) is 0 Å². The summed E-state index contributed by atoms with van der Waals surface area (Å²) in [6.07, 6.45) is 0.975. The van der Waals surface area contributed by atoms with Gasteiger partial charge in [-0.25, -0.2) is 8.42 Å². The van der Waals surface area contributed by atoms with Crippen LogP contribution in [0.3, 0.4) is 0 Å². The Labute approximate surface area is 187 Å². The number of hydrogen-bond donors (Lipinski definition) is 0. The number of hydrogen-bond acceptors (Lipinski definition) is 4. The van der Waals surface area contributed by atoms with Gasteiger partial charge in [-0.2, -0.15) is 4.31 Å². The number of carbonyl (C=O) groups excluding carboxylic acids is 2. The lowest BCUT2D eigenvalue weighted by Crippen LogP contribution is -2.58. The third kappa shape index (κ3) is 4.46. The maximum atomic E-state index is 12.9. The molecule has 2 amide bonds. The van der Waals surface area contributed by atoms with Crippen LogP contribution in [0.15, 0.2) is 59.5 Å². The molecule has 2 heterocycles. The van der Waals surface area contributed by atoms with Gasteiger partial charge in [-0.3, -0.25) is 9.59 Å². The minimum atomic E-state index is -3.69. The van der Waals surface area contributed by atoms with Crippen LogP contribution in [0.5, 0.6) is 0 Å². The maximum Gasteiger partial charge on any atom is 0.312 e. The molecule has 9 heteroatoms. The van der Waals surface area contributed by atoms with Crippen LogP contribution >= 0.6 is 11.6 Å². The number of carbonyl (C=O) groups is 2. The van der Waals surface area contributed by atoms with E-state index >= 15 is 0 Å². The molecule has 0 aliphatic carbocycles. The summed E-state index contributed by atoms with van der Waals surface area (Å²) in [5.41, 5.74) is 0.982. The van der Waals surface area contributed by atoms with Gasteiger partial charge in [0, 0.05) is 38.8 Å². The molecule has 4 rings (SSSR count). The van der Waals surface area contributed by atoms with E-state index in [4.69, 9.17) is 11.6 Å². The first-order valence-electron chi connectivity index (χ1n) is 10.3. The Morgan fingerprint density at radius 3 is 2.16 bits per heavy atom. The van der Waals surface area contributed by atoms with E-state index in [9.17, 15) is 18.0 Å². The molecule has 0 atom stereocenters. The minimum Gasteiger partial charge on any atom is -0.330 e. The zero-order chi connectivity index (χ0) is 22.0. The average Bonchev–Trinajstić information content (AvgIpc) is 2.78. The van der Waals surface area contributed by atoms with Gasteiger partial charge in [0.1, 0.15) is 4.90 Å². The van der Waals surface area contributed by atoms with Crippen molar-refractivity contribution in [3.05, 3.63) is 65.2 Å². The van der Waals surface area contributed by atoms with Crippen molar-refractivity contribution in [3.8, 4) is 0 Å². The topological polar surface area (TPSA) is 78.0 Å². The van der Waals surface area contributed by atoms with E-state index in [0.29, 0.717) is 32.5 Å². The Bertz CT molecular complexity index is 1070. The first-order valence-corrected chi connectivity index (χ1v) is 12.1. The second-order valence-corrected chi connectivity index (χ2v) is 10.1. The quantitative estimate of drug-likeness (QED) is 0.640. The van der Waals surface area contributed by atoms with E-state index in [-0.39, 0.29) is 29.0 Å². The third-order valence-electron chi connectivity index (χ3n) is 5.88. The molecule has 0 radical (unpaired) electrons. The SMILES string of the molecule is O=C1C(=O)N(C2CCN(S(=O)(=O)c3ccccc3Cl)CC2)CCN1Cc1ccccc1. The van der Waals surface area contributed by atoms with E-state index in [1.165, 1.54) is 10.4 Å². The lowest BCUT2D eigenvalue weighted by molar-refractivity contribution is -0.158. The van der Waals surface area contributed by atoms with Gasteiger partial charge in [0.2, 0.25) is 10.0 Å². The molecule has 0 bridgehead atoms. The highest BCUT2D eigenvalue weighted by atomic mass is 35.5. The van der Waals surface area contributed by atoms with Gasteiger partial charge in [0.05, 0.1) is 5.02 Å². The van der Waals surface area contributed by atoms with E-state index in [2.05, 4.69) is 0 Å². The van der Waals surface area contributed by atoms with Gasteiger partial charge >= 0.3 is 11.8 Å². The van der Waals surface area contributed by atoms with Crippen LogP contribution in [-0.4, -0.2) is 66.6 Å². The highest BCUT2D eigenvalue weighted by molar-refractivity contribution is 7.89. The van der Waals surface area contributed by atoms with Gasteiger partial charge < -0.3 is 9.80 Å². The van der Waals surface area contributed by atoms with Crippen LogP contribution in [0.2, 0.25) is 5.02 Å². The fraction of sp³-hybridized carbons (Fsp3) is 0.364. The first-order chi connectivity index (χ1) is 14.9. The summed E-state index contributed by atoms with van der Waals surface area (Å²) in [4.78, 5) is 28.7. The van der Waals surface area contributed by atoms with Gasteiger partial charge in [-0.15, -0.1) is 0 Å². The first kappa shape index (κ1) is 21.8. The van der Waals surface area contributed by atoms with Crippen molar-refractivity contribution in [1.82, 2.24) is 14.1 Å². The van der Waals surface area contributed by atoms with Gasteiger partial charge in [0.15, 0.2) is 0 Å². The van der Waals surface area contributed by atoms with Gasteiger partial charge in [-0.1, -0.05) is 54.1 Å². The normalized spacial score (nSPS) is 19.1. The molecule has 2 aliphatic heterocycles. The second kappa shape index (κ2) is 8.98. The smallest absolute Gasteiger partial charge is 0.312 e. The van der Waals surface area contributed by atoms with Crippen molar-refractivity contribution in [2.24, 2.45) is 0 Å². The zero-order valence-corrected chi connectivity index (χ0v) is 18.6. The molecule has 0 N–H and O–H groups in total. The predicted octanol–water partition coefficient (Wildman–Crippen LogP) is 2.36. The van der Waals surface area contributed by atoms with Crippen molar-refractivity contribution in [1.29, 1.82) is 0 Å². The maximum absolute atomic E-state index is 12.9. The number of amides is 2. The summed E-state index contributed by atoms with van der Waals surface area (Å²) in [5.74, 6) is -1.00. The molecule has 2 aliphatic rings. The number of piperidine rings is 1. The minimum absolute atomic E-state index is 0.0934. The molecule has 0 spiro atoms. The number of halogens is 1. The summed E-state index contributed by atoms with van der Waals surface area (Å²) in [7, 11) is -3.69. The number of piperazine rings is 1. The molecular formula is C22H24ClN3O4S. The van der Waals surface area contributed by atoms with Crippen molar-refractivity contribution in [2.75, 3.05) is 26.2 Å². The molecular weight excluding hydrogens is 438 g/mol. The fourth-order valence-corrected chi connectivity index (χ4v) is 6.14. The predicted molar refractivity (Wildman–Crippen MR) is 117 cm³/mol. The highest BCUT2D eigenvalue weighted by Crippen LogP contribution is 2.28. The molecule has 0 unspecified atom stereocenters. The Hall–Kier alpha value is -2.42. The van der Waals surface area contributed by atoms with Crippen LogP contribution in [0.1, 0.15) is 18.4 Å². The summed E-state index contributed by atoms with van der Waals surface area (Å²) < 4.78 is 27.3. The summed E-state index contributed by atoms with van der Waals surface area (Å²) in [6, 6.07) is 15.8. The van der Waals surface area contributed by atoms with E-state index in [1.807, 2.05) is 30.3 Å². The molecule has 2 aromatic rings. The lowest BCUT2D eigenvalue weighted by Gasteiger charge is -2.41. The Kier molecular flexibility index (Phi) is 6.31. The van der Waals surface area contributed by atoms with Gasteiger partial charge in [-0.05, 0) is 30.5 Å². The summed E-state index contributed by atoms with van der Waals surface area (Å²) in [5, 5.41) is 0.194. The second-order valence-electron chi connectivity index (χ2n) is 7.78. The Balaban J connectivity index is 1.38. The average molecular weight is 462 g/mol. The Morgan fingerprint density at radius 1 is 0.839 bits per heavy atom. The van der Waals surface area contributed by atoms with Crippen molar-refractivity contribution >= 4 is 33.4 Å². The molecule has 2 saturated heterocycles. The molecule has 0 saturated carbocycles. The Morgan fingerprint density at radius 2 is 1.48 bits per heavy atom. The monoisotopic (exact) mass is 461 g/mol. The largest absolute Gasteiger partial charge is 0.330 e. The van der Waals surface area contributed by atoms with Crippen molar-refractivity contribution in [2.45, 2.75) is 30.3 Å². The van der Waals surface area contributed by atoms with Crippen molar-refractivity contribution < 1.29 is 18.0 Å². The molecule has 2 aromatic carbocycles. The molecule has 164 valence electrons. The van der Waals surface area contributed by atoms with E-state index in [0.717, 1.165) is 5.56 Å². The number of sulfonamides is 1. The van der Waals surface area contributed by atoms with Crippen molar-refractivity contribution in [3.63, 3.8) is 0 Å². The summed E-state index contributed by atoms with van der Waals surface area (Å²) in [6.45, 7) is 1.90. The highest BCUT2D eigenvalue weighted by Gasteiger charge is 2.39. The number of benzene rings is 2. The molecule has 0 aromatic heterocycles. The van der Waals surface area contributed by atoms with Crippen LogP contribution in [-0.2, 0) is 26.2 Å². The molecule has 2 fully saturated rings. The fourth-order valence-electron chi connectivity index (χ4n) is 4.18. The lowest BCUT2D eigenvalue weighted by atomic mass is 10.0. The third-order valence-corrected chi connectivity index (χ3v) is 8.28. The number of nitrogens with zero attached hydrogens (tertiary/aromatic N) is 3. The van der Waals surface area contributed by atoms with Crippen LogP contribution in [0.25, 0.3) is 0 Å².